The average Bonchev–Trinajstić information content (AvgIpc) is 1.66. The van der Waals surface area contributed by atoms with E-state index in [0.29, 0.717) is 0 Å². The number of nitrogens with zero attached hydrogens (tertiary/aromatic N) is 4. The van der Waals surface area contributed by atoms with Crippen LogP contribution in [-0.2, 0) is 0 Å². The molecule has 22 rings (SSSR count). The zero-order valence-electron chi connectivity index (χ0n) is 61.4. The first-order chi connectivity index (χ1) is 55.5. The van der Waals surface area contributed by atoms with E-state index in [-0.39, 0.29) is 0 Å². The smallest absolute Gasteiger partial charge is 0.0468 e. The number of anilines is 12. The Kier molecular flexibility index (Phi) is 16.2. The van der Waals surface area contributed by atoms with E-state index in [2.05, 4.69) is 456 Å². The Labute approximate surface area is 651 Å². The topological polar surface area (TPSA) is 13.0 Å². The predicted octanol–water partition coefficient (Wildman–Crippen LogP) is 30.8. The first-order valence-electron chi connectivity index (χ1n) is 38.5. The van der Waals surface area contributed by atoms with E-state index in [0.717, 1.165) is 68.2 Å². The van der Waals surface area contributed by atoms with Crippen molar-refractivity contribution >= 4 is 133 Å². The van der Waals surface area contributed by atoms with Crippen molar-refractivity contribution in [3.63, 3.8) is 0 Å². The molecule has 2 aliphatic rings. The lowest BCUT2D eigenvalue weighted by molar-refractivity contribution is 1.28. The lowest BCUT2D eigenvalue weighted by Crippen LogP contribution is -2.10. The Morgan fingerprint density at radius 1 is 0.116 bits per heavy atom. The number of hydrogen-bond donors (Lipinski definition) is 0. The Balaban J connectivity index is 0.000000142. The van der Waals surface area contributed by atoms with E-state index in [1.54, 1.807) is 0 Å². The second-order valence-corrected chi connectivity index (χ2v) is 29.1. The van der Waals surface area contributed by atoms with Gasteiger partial charge in [0.1, 0.15) is 0 Å². The van der Waals surface area contributed by atoms with E-state index in [1.807, 2.05) is 0 Å². The van der Waals surface area contributed by atoms with Crippen molar-refractivity contribution in [1.29, 1.82) is 0 Å². The van der Waals surface area contributed by atoms with Gasteiger partial charge < -0.3 is 19.6 Å². The summed E-state index contributed by atoms with van der Waals surface area (Å²) in [6.07, 6.45) is 0. The Bertz CT molecular complexity index is 6530. The van der Waals surface area contributed by atoms with Crippen LogP contribution >= 0.6 is 0 Å². The van der Waals surface area contributed by atoms with Crippen LogP contribution in [0.15, 0.2) is 437 Å². The van der Waals surface area contributed by atoms with Crippen molar-refractivity contribution in [2.75, 3.05) is 19.6 Å². The van der Waals surface area contributed by atoms with Gasteiger partial charge in [-0.25, -0.2) is 0 Å². The van der Waals surface area contributed by atoms with E-state index in [9.17, 15) is 0 Å². The van der Waals surface area contributed by atoms with Crippen LogP contribution in [-0.4, -0.2) is 0 Å². The fourth-order valence-electron chi connectivity index (χ4n) is 17.4. The highest BCUT2D eigenvalue weighted by atomic mass is 15.2. The summed E-state index contributed by atoms with van der Waals surface area (Å²) >= 11 is 0. The SMILES string of the molecule is c1ccc(N(c2ccc(-c3ccc(N(c4ccccc4)c4ccc5c(c4)-c4cccc6cccc-5c46)cc3)cc2)c2ccc3c(c2)-c2cccc4cccc-3c24)cc1.c1ccc(N(c2ccc(-c3ccc(N(c4ccccc4)c4ccc5c(ccc6ccccc65)c4)cc3)cc2)c2ccc3c(ccc4ccccc43)c2)cc1. The minimum Gasteiger partial charge on any atom is -0.310 e. The van der Waals surface area contributed by atoms with Gasteiger partial charge in [0.2, 0.25) is 0 Å². The van der Waals surface area contributed by atoms with Crippen LogP contribution in [0, 0.1) is 0 Å². The van der Waals surface area contributed by atoms with Gasteiger partial charge in [0.15, 0.2) is 0 Å². The molecule has 0 fully saturated rings. The van der Waals surface area contributed by atoms with E-state index in [4.69, 9.17) is 0 Å². The zero-order chi connectivity index (χ0) is 74.0. The van der Waals surface area contributed by atoms with Crippen LogP contribution in [0.25, 0.3) is 131 Å². The molecular weight excluding hydrogens is 1350 g/mol. The van der Waals surface area contributed by atoms with Gasteiger partial charge in [-0.3, -0.25) is 0 Å². The average molecular weight is 1430 g/mol. The summed E-state index contributed by atoms with van der Waals surface area (Å²) in [5, 5.41) is 15.3. The van der Waals surface area contributed by atoms with Crippen LogP contribution in [0.3, 0.4) is 0 Å². The third-order valence-corrected chi connectivity index (χ3v) is 22.7. The Morgan fingerprint density at radius 3 is 0.670 bits per heavy atom. The fourth-order valence-corrected chi connectivity index (χ4v) is 17.4. The molecule has 0 atom stereocenters. The second kappa shape index (κ2) is 27.7. The number of para-hydroxylation sites is 4. The monoisotopic (exact) mass is 1420 g/mol. The minimum absolute atomic E-state index is 1.11. The van der Waals surface area contributed by atoms with Gasteiger partial charge in [0.05, 0.1) is 0 Å². The van der Waals surface area contributed by atoms with Crippen molar-refractivity contribution in [1.82, 2.24) is 0 Å². The largest absolute Gasteiger partial charge is 0.310 e. The van der Waals surface area contributed by atoms with Gasteiger partial charge >= 0.3 is 0 Å². The third kappa shape index (κ3) is 11.6. The van der Waals surface area contributed by atoms with Gasteiger partial charge in [0.25, 0.3) is 0 Å². The summed E-state index contributed by atoms with van der Waals surface area (Å²) in [6.45, 7) is 0. The van der Waals surface area contributed by atoms with Crippen LogP contribution in [0.4, 0.5) is 68.2 Å². The normalized spacial score (nSPS) is 11.6. The number of benzene rings is 20. The molecule has 0 saturated carbocycles. The predicted molar refractivity (Wildman–Crippen MR) is 476 cm³/mol. The van der Waals surface area contributed by atoms with E-state index >= 15 is 0 Å². The number of hydrogen-bond acceptors (Lipinski definition) is 4. The molecule has 0 amide bonds. The Hall–Kier alpha value is -14.8. The maximum absolute atomic E-state index is 2.36. The highest BCUT2D eigenvalue weighted by molar-refractivity contribution is 6.18. The van der Waals surface area contributed by atoms with Crippen LogP contribution in [0.1, 0.15) is 0 Å². The highest BCUT2D eigenvalue weighted by Crippen LogP contribution is 2.53. The van der Waals surface area contributed by atoms with Crippen LogP contribution < -0.4 is 19.6 Å². The van der Waals surface area contributed by atoms with E-state index < -0.39 is 0 Å². The standard InChI is InChI=1S/C56H36N2.C52H36N2/c1-3-15-41(16-4-1)57(45-31-33-47-49-19-7-11-39-13-9-21-51(55(39)49)53(47)35-45)43-27-23-37(24-28-43)38-25-29-44(30-26-38)58(42-17-5-2-6-18-42)46-32-34-48-50-20-8-12-40-14-10-22-52(56(40)50)54(48)36-46;1-3-13-43(14-4-1)53(47-31-33-51-41(35-47)21-19-39-11-7-9-17-49(39)51)45-27-23-37(24-28-45)38-25-29-46(30-26-38)54(44-15-5-2-6-16-44)48-32-34-52-42(36-48)22-20-40-12-8-10-18-50(40)52/h1-36H;1-36H. The molecule has 524 valence electrons. The molecule has 112 heavy (non-hydrogen) atoms. The first-order valence-corrected chi connectivity index (χ1v) is 38.5. The van der Waals surface area contributed by atoms with Crippen LogP contribution in [0.2, 0.25) is 0 Å². The molecule has 4 heteroatoms. The summed E-state index contributed by atoms with van der Waals surface area (Å²) < 4.78 is 0. The maximum Gasteiger partial charge on any atom is 0.0468 e. The molecule has 0 saturated heterocycles. The quantitative estimate of drug-likeness (QED) is 0.101. The summed E-state index contributed by atoms with van der Waals surface area (Å²) in [5.41, 5.74) is 28.6. The molecule has 0 radical (unpaired) electrons. The van der Waals surface area contributed by atoms with Crippen molar-refractivity contribution in [2.24, 2.45) is 0 Å². The van der Waals surface area contributed by atoms with Gasteiger partial charge in [-0.15, -0.1) is 0 Å². The van der Waals surface area contributed by atoms with E-state index in [1.165, 1.54) is 131 Å². The van der Waals surface area contributed by atoms with Crippen molar-refractivity contribution in [3.05, 3.63) is 437 Å². The van der Waals surface area contributed by atoms with Gasteiger partial charge in [0, 0.05) is 68.2 Å². The lowest BCUT2D eigenvalue weighted by atomic mass is 10.0. The van der Waals surface area contributed by atoms with Gasteiger partial charge in [-0.05, 0) is 277 Å². The van der Waals surface area contributed by atoms with Crippen molar-refractivity contribution in [3.8, 4) is 66.8 Å². The zero-order valence-corrected chi connectivity index (χ0v) is 61.4. The third-order valence-electron chi connectivity index (χ3n) is 22.7. The maximum atomic E-state index is 2.36. The molecule has 20 aromatic rings. The van der Waals surface area contributed by atoms with Gasteiger partial charge in [-0.1, -0.05) is 291 Å². The first kappa shape index (κ1) is 65.5. The van der Waals surface area contributed by atoms with Gasteiger partial charge in [-0.2, -0.15) is 0 Å². The van der Waals surface area contributed by atoms with Crippen LogP contribution in [0.5, 0.6) is 0 Å². The molecule has 0 aromatic heterocycles. The molecule has 4 nitrogen and oxygen atoms in total. The number of rotatable bonds is 14. The molecule has 0 bridgehead atoms. The minimum atomic E-state index is 1.11. The molecule has 0 N–H and O–H groups in total. The molecule has 0 aliphatic heterocycles. The molecule has 2 aliphatic carbocycles. The molecular formula is C108H72N4. The number of fused-ring (bicyclic) bond motifs is 12. The summed E-state index contributed by atoms with van der Waals surface area (Å²) in [6, 6.07) is 159. The highest BCUT2D eigenvalue weighted by Gasteiger charge is 2.27. The second-order valence-electron chi connectivity index (χ2n) is 29.1. The molecule has 0 unspecified atom stereocenters. The Morgan fingerprint density at radius 2 is 0.348 bits per heavy atom. The van der Waals surface area contributed by atoms with Crippen molar-refractivity contribution in [2.45, 2.75) is 0 Å². The fraction of sp³-hybridized carbons (Fsp3) is 0. The lowest BCUT2D eigenvalue weighted by Gasteiger charge is -2.27. The summed E-state index contributed by atoms with van der Waals surface area (Å²) in [5.74, 6) is 0. The molecule has 20 aromatic carbocycles. The summed E-state index contributed by atoms with van der Waals surface area (Å²) in [7, 11) is 0. The van der Waals surface area contributed by atoms with Crippen molar-refractivity contribution < 1.29 is 0 Å². The molecule has 0 heterocycles. The summed E-state index contributed by atoms with van der Waals surface area (Å²) in [4.78, 5) is 9.41. The molecule has 0 spiro atoms.